The Morgan fingerprint density at radius 3 is 1.67 bits per heavy atom. The van der Waals surface area contributed by atoms with Crippen LogP contribution >= 0.6 is 77.2 Å². The molecule has 0 bridgehead atoms. The molecule has 4 rings (SSSR count). The van der Waals surface area contributed by atoms with E-state index in [1.807, 2.05) is 18.2 Å². The van der Waals surface area contributed by atoms with Crippen molar-refractivity contribution in [2.45, 2.75) is 12.6 Å². The number of hydrogen-bond donors (Lipinski definition) is 0. The first-order valence-electron chi connectivity index (χ1n) is 8.53. The number of rotatable bonds is 2. The van der Waals surface area contributed by atoms with Gasteiger partial charge in [-0.1, -0.05) is 99.9 Å². The zero-order valence-corrected chi connectivity index (χ0v) is 20.3. The molecule has 156 valence electrons. The maximum Gasteiger partial charge on any atom is 0.435 e. The molecule has 0 radical (unpaired) electrons. The molecule has 3 aromatic carbocycles. The van der Waals surface area contributed by atoms with Crippen LogP contribution in [0.1, 0.15) is 16.7 Å². The second-order valence-electron chi connectivity index (χ2n) is 6.54. The van der Waals surface area contributed by atoms with Crippen molar-refractivity contribution in [3.8, 4) is 11.5 Å². The van der Waals surface area contributed by atoms with Crippen LogP contribution in [0.3, 0.4) is 0 Å². The van der Waals surface area contributed by atoms with Crippen molar-refractivity contribution in [2.24, 2.45) is 0 Å². The van der Waals surface area contributed by atoms with Crippen molar-refractivity contribution in [1.82, 2.24) is 0 Å². The lowest BCUT2D eigenvalue weighted by atomic mass is 10.0. The highest BCUT2D eigenvalue weighted by Gasteiger charge is 2.37. The zero-order chi connectivity index (χ0) is 21.6. The van der Waals surface area contributed by atoms with Crippen LogP contribution in [-0.2, 0) is 17.1 Å². The minimum absolute atomic E-state index is 0.0418. The van der Waals surface area contributed by atoms with Gasteiger partial charge in [-0.3, -0.25) is 0 Å². The molecule has 0 spiro atoms. The van der Waals surface area contributed by atoms with Crippen LogP contribution in [0, 0.1) is 0 Å². The molecule has 3 nitrogen and oxygen atoms in total. The number of fused-ring (bicyclic) bond motifs is 2. The van der Waals surface area contributed by atoms with Crippen molar-refractivity contribution in [2.75, 3.05) is 0 Å². The lowest BCUT2D eigenvalue weighted by Crippen LogP contribution is -2.11. The molecular formula is C20H11Cl6O3P. The van der Waals surface area contributed by atoms with E-state index in [9.17, 15) is 4.57 Å². The van der Waals surface area contributed by atoms with E-state index in [0.29, 0.717) is 11.1 Å². The van der Waals surface area contributed by atoms with Crippen molar-refractivity contribution in [3.63, 3.8) is 0 Å². The van der Waals surface area contributed by atoms with E-state index in [2.05, 4.69) is 0 Å². The predicted molar refractivity (Wildman–Crippen MR) is 125 cm³/mol. The molecule has 1 aliphatic heterocycles. The number of hydrogen-bond acceptors (Lipinski definition) is 3. The normalized spacial score (nSPS) is 14.6. The van der Waals surface area contributed by atoms with Gasteiger partial charge in [0.05, 0.1) is 36.3 Å². The summed E-state index contributed by atoms with van der Waals surface area (Å²) in [6.45, 7) is 0. The second-order valence-corrected chi connectivity index (χ2v) is 10.8. The molecule has 0 atom stereocenters. The molecule has 0 fully saturated rings. The molecule has 0 N–H and O–H groups in total. The predicted octanol–water partition coefficient (Wildman–Crippen LogP) is 9.36. The molecule has 0 amide bonds. The standard InChI is InChI=1S/C20H11Cl6O3P/c21-13-7-15(23)19-11(17(13)25)6-12-18(26)14(22)8-16(24)20(12)29-30(27,28-19)9-10-4-2-1-3-5-10/h1-5,7-8H,6,9H2. The van der Waals surface area contributed by atoms with Gasteiger partial charge in [0.15, 0.2) is 11.5 Å². The molecular weight excluding hydrogens is 532 g/mol. The van der Waals surface area contributed by atoms with Crippen LogP contribution in [0.15, 0.2) is 42.5 Å². The molecule has 0 unspecified atom stereocenters. The van der Waals surface area contributed by atoms with Crippen LogP contribution in [0.5, 0.6) is 11.5 Å². The Labute approximate surface area is 203 Å². The Morgan fingerprint density at radius 1 is 0.733 bits per heavy atom. The van der Waals surface area contributed by atoms with E-state index >= 15 is 0 Å². The SMILES string of the molecule is O=P1(Cc2ccccc2)Oc2c(Cl)cc(Cl)c(Cl)c2Cc2c(Cl)c(Cl)cc(Cl)c2O1. The summed E-state index contributed by atoms with van der Waals surface area (Å²) in [4.78, 5) is 0. The maximum absolute atomic E-state index is 13.9. The molecule has 0 aliphatic carbocycles. The summed E-state index contributed by atoms with van der Waals surface area (Å²) in [5.74, 6) is 0.228. The third kappa shape index (κ3) is 4.27. The van der Waals surface area contributed by atoms with E-state index in [1.54, 1.807) is 12.1 Å². The minimum atomic E-state index is -3.87. The van der Waals surface area contributed by atoms with Gasteiger partial charge in [0.25, 0.3) is 0 Å². The second kappa shape index (κ2) is 8.64. The third-order valence-corrected chi connectivity index (χ3v) is 8.36. The molecule has 10 heteroatoms. The van der Waals surface area contributed by atoms with E-state index < -0.39 is 7.60 Å². The first-order valence-corrected chi connectivity index (χ1v) is 12.5. The summed E-state index contributed by atoms with van der Waals surface area (Å²) >= 11 is 38.1. The first-order chi connectivity index (χ1) is 14.2. The third-order valence-electron chi connectivity index (χ3n) is 4.47. The van der Waals surface area contributed by atoms with E-state index in [4.69, 9.17) is 78.7 Å². The van der Waals surface area contributed by atoms with Crippen molar-refractivity contribution in [1.29, 1.82) is 0 Å². The quantitative estimate of drug-likeness (QED) is 0.239. The molecule has 30 heavy (non-hydrogen) atoms. The highest BCUT2D eigenvalue weighted by molar-refractivity contribution is 7.53. The van der Waals surface area contributed by atoms with Crippen molar-refractivity contribution in [3.05, 3.63) is 89.3 Å². The molecule has 0 aromatic heterocycles. The molecule has 0 saturated carbocycles. The molecule has 1 aliphatic rings. The van der Waals surface area contributed by atoms with Gasteiger partial charge in [-0.15, -0.1) is 0 Å². The van der Waals surface area contributed by atoms with Gasteiger partial charge in [-0.2, -0.15) is 0 Å². The summed E-state index contributed by atoms with van der Waals surface area (Å²) in [6.07, 6.45) is 0.0636. The summed E-state index contributed by atoms with van der Waals surface area (Å²) in [6, 6.07) is 11.9. The Bertz CT molecular complexity index is 1130. The number of benzene rings is 3. The Morgan fingerprint density at radius 2 is 1.20 bits per heavy atom. The van der Waals surface area contributed by atoms with Crippen LogP contribution in [0.2, 0.25) is 30.1 Å². The zero-order valence-electron chi connectivity index (χ0n) is 14.9. The fraction of sp³-hybridized carbons (Fsp3) is 0.100. The van der Waals surface area contributed by atoms with Gasteiger partial charge in [-0.25, -0.2) is 4.57 Å². The number of halogens is 6. The highest BCUT2D eigenvalue weighted by atomic mass is 35.5. The molecule has 0 saturated heterocycles. The lowest BCUT2D eigenvalue weighted by Gasteiger charge is -2.28. The molecule has 1 heterocycles. The Balaban J connectivity index is 1.97. The van der Waals surface area contributed by atoms with E-state index in [0.717, 1.165) is 5.56 Å². The Hall–Kier alpha value is -0.770. The van der Waals surface area contributed by atoms with Crippen LogP contribution in [0.4, 0.5) is 0 Å². The smallest absolute Gasteiger partial charge is 0.414 e. The average Bonchev–Trinajstić information content (AvgIpc) is 2.68. The van der Waals surface area contributed by atoms with E-state index in [1.165, 1.54) is 12.1 Å². The van der Waals surface area contributed by atoms with Crippen molar-refractivity contribution < 1.29 is 13.6 Å². The fourth-order valence-corrected chi connectivity index (χ4v) is 6.52. The van der Waals surface area contributed by atoms with Crippen LogP contribution in [-0.4, -0.2) is 0 Å². The summed E-state index contributed by atoms with van der Waals surface area (Å²) in [5.41, 5.74) is 1.55. The van der Waals surface area contributed by atoms with Gasteiger partial charge in [-0.05, 0) is 17.7 Å². The van der Waals surface area contributed by atoms with Crippen molar-refractivity contribution >= 4 is 77.2 Å². The molecule has 3 aromatic rings. The van der Waals surface area contributed by atoms with Gasteiger partial charge in [0.1, 0.15) is 0 Å². The summed E-state index contributed by atoms with van der Waals surface area (Å²) in [7, 11) is -3.87. The van der Waals surface area contributed by atoms with Crippen LogP contribution < -0.4 is 9.05 Å². The topological polar surface area (TPSA) is 35.5 Å². The van der Waals surface area contributed by atoms with E-state index in [-0.39, 0.29) is 54.2 Å². The monoisotopic (exact) mass is 540 g/mol. The Kier molecular flexibility index (Phi) is 6.46. The maximum atomic E-state index is 13.9. The van der Waals surface area contributed by atoms with Gasteiger partial charge < -0.3 is 9.05 Å². The lowest BCUT2D eigenvalue weighted by molar-refractivity contribution is 0.378. The highest BCUT2D eigenvalue weighted by Crippen LogP contribution is 2.59. The van der Waals surface area contributed by atoms with Gasteiger partial charge in [0.2, 0.25) is 0 Å². The van der Waals surface area contributed by atoms with Gasteiger partial charge >= 0.3 is 7.60 Å². The summed E-state index contributed by atoms with van der Waals surface area (Å²) < 4.78 is 25.7. The van der Waals surface area contributed by atoms with Gasteiger partial charge in [0, 0.05) is 17.5 Å². The van der Waals surface area contributed by atoms with Crippen LogP contribution in [0.25, 0.3) is 0 Å². The fourth-order valence-electron chi connectivity index (χ4n) is 3.11. The minimum Gasteiger partial charge on any atom is -0.414 e. The summed E-state index contributed by atoms with van der Waals surface area (Å²) in [5, 5.41) is 1.11. The first kappa shape index (κ1) is 22.4. The largest absolute Gasteiger partial charge is 0.435 e. The average molecular weight is 543 g/mol.